The van der Waals surface area contributed by atoms with Crippen LogP contribution in [-0.4, -0.2) is 18.6 Å². The standard InChI is InChI=1S/C10H19NO2/c1-4-6-8(3)9(11)10(12)13-7-5-2/h6,9H,4-5,7,11H2,1-3H3. The Labute approximate surface area is 79.9 Å². The van der Waals surface area contributed by atoms with Crippen LogP contribution >= 0.6 is 0 Å². The van der Waals surface area contributed by atoms with Gasteiger partial charge in [0, 0.05) is 0 Å². The monoisotopic (exact) mass is 185 g/mol. The van der Waals surface area contributed by atoms with Crippen molar-refractivity contribution in [3.05, 3.63) is 11.6 Å². The van der Waals surface area contributed by atoms with E-state index in [-0.39, 0.29) is 5.97 Å². The highest BCUT2D eigenvalue weighted by molar-refractivity contribution is 5.79. The van der Waals surface area contributed by atoms with Gasteiger partial charge >= 0.3 is 5.97 Å². The van der Waals surface area contributed by atoms with Gasteiger partial charge in [0.1, 0.15) is 6.04 Å². The van der Waals surface area contributed by atoms with E-state index in [1.165, 1.54) is 0 Å². The molecule has 0 aromatic rings. The molecular formula is C10H19NO2. The normalized spacial score (nSPS) is 14.0. The molecule has 0 aliphatic rings. The third kappa shape index (κ3) is 4.68. The highest BCUT2D eigenvalue weighted by atomic mass is 16.5. The van der Waals surface area contributed by atoms with Gasteiger partial charge in [-0.3, -0.25) is 4.79 Å². The average molecular weight is 185 g/mol. The van der Waals surface area contributed by atoms with E-state index in [1.54, 1.807) is 0 Å². The van der Waals surface area contributed by atoms with Crippen LogP contribution in [0.3, 0.4) is 0 Å². The molecule has 0 amide bonds. The number of nitrogens with two attached hydrogens (primary N) is 1. The summed E-state index contributed by atoms with van der Waals surface area (Å²) in [5.74, 6) is -0.330. The lowest BCUT2D eigenvalue weighted by molar-refractivity contribution is -0.144. The molecule has 0 aliphatic carbocycles. The second-order valence-electron chi connectivity index (χ2n) is 3.00. The molecule has 1 atom stereocenters. The van der Waals surface area contributed by atoms with Crippen molar-refractivity contribution in [1.29, 1.82) is 0 Å². The molecule has 1 unspecified atom stereocenters. The number of allylic oxidation sites excluding steroid dienone is 1. The minimum atomic E-state index is -0.591. The quantitative estimate of drug-likeness (QED) is 0.523. The van der Waals surface area contributed by atoms with Crippen molar-refractivity contribution in [2.75, 3.05) is 6.61 Å². The number of carbonyl (C=O) groups excluding carboxylic acids is 1. The van der Waals surface area contributed by atoms with Crippen LogP contribution in [-0.2, 0) is 9.53 Å². The van der Waals surface area contributed by atoms with Crippen LogP contribution < -0.4 is 5.73 Å². The van der Waals surface area contributed by atoms with Gasteiger partial charge in [-0.25, -0.2) is 0 Å². The van der Waals surface area contributed by atoms with Crippen molar-refractivity contribution < 1.29 is 9.53 Å². The van der Waals surface area contributed by atoms with E-state index in [1.807, 2.05) is 26.8 Å². The summed E-state index contributed by atoms with van der Waals surface area (Å²) >= 11 is 0. The molecule has 0 aliphatic heterocycles. The Balaban J connectivity index is 4.01. The van der Waals surface area contributed by atoms with Crippen LogP contribution in [0.5, 0.6) is 0 Å². The van der Waals surface area contributed by atoms with E-state index in [9.17, 15) is 4.79 Å². The Hall–Kier alpha value is -0.830. The maximum atomic E-state index is 11.2. The third-order valence-corrected chi connectivity index (χ3v) is 1.72. The second-order valence-corrected chi connectivity index (χ2v) is 3.00. The van der Waals surface area contributed by atoms with Crippen molar-refractivity contribution in [2.45, 2.75) is 39.7 Å². The Morgan fingerprint density at radius 1 is 1.54 bits per heavy atom. The van der Waals surface area contributed by atoms with Crippen molar-refractivity contribution in [2.24, 2.45) is 5.73 Å². The molecule has 0 fully saturated rings. The number of ether oxygens (including phenoxy) is 1. The van der Waals surface area contributed by atoms with E-state index in [2.05, 4.69) is 0 Å². The summed E-state index contributed by atoms with van der Waals surface area (Å²) in [6.07, 6.45) is 3.66. The summed E-state index contributed by atoms with van der Waals surface area (Å²) in [5.41, 5.74) is 6.52. The van der Waals surface area contributed by atoms with Crippen LogP contribution in [0.1, 0.15) is 33.6 Å². The van der Waals surface area contributed by atoms with Gasteiger partial charge in [0.15, 0.2) is 0 Å². The highest BCUT2D eigenvalue weighted by Gasteiger charge is 2.15. The van der Waals surface area contributed by atoms with E-state index < -0.39 is 6.04 Å². The molecule has 0 spiro atoms. The molecule has 0 bridgehead atoms. The summed E-state index contributed by atoms with van der Waals surface area (Å²) < 4.78 is 4.92. The van der Waals surface area contributed by atoms with E-state index in [0.717, 1.165) is 18.4 Å². The molecule has 0 aromatic carbocycles. The molecule has 0 saturated carbocycles. The molecule has 13 heavy (non-hydrogen) atoms. The topological polar surface area (TPSA) is 52.3 Å². The van der Waals surface area contributed by atoms with Gasteiger partial charge in [-0.2, -0.15) is 0 Å². The summed E-state index contributed by atoms with van der Waals surface area (Å²) in [6.45, 7) is 6.26. The van der Waals surface area contributed by atoms with E-state index in [4.69, 9.17) is 10.5 Å². The lowest BCUT2D eigenvalue weighted by Gasteiger charge is -2.11. The first-order chi connectivity index (χ1) is 6.13. The molecule has 0 saturated heterocycles. The van der Waals surface area contributed by atoms with E-state index >= 15 is 0 Å². The first-order valence-electron chi connectivity index (χ1n) is 4.72. The first kappa shape index (κ1) is 12.2. The maximum Gasteiger partial charge on any atom is 0.327 e. The van der Waals surface area contributed by atoms with Gasteiger partial charge in [0.25, 0.3) is 0 Å². The van der Waals surface area contributed by atoms with Crippen LogP contribution in [0.4, 0.5) is 0 Å². The zero-order chi connectivity index (χ0) is 10.3. The summed E-state index contributed by atoms with van der Waals surface area (Å²) in [6, 6.07) is -0.591. The average Bonchev–Trinajstić information content (AvgIpc) is 2.13. The van der Waals surface area contributed by atoms with Crippen molar-refractivity contribution >= 4 is 5.97 Å². The summed E-state index contributed by atoms with van der Waals surface area (Å²) in [7, 11) is 0. The van der Waals surface area contributed by atoms with Crippen molar-refractivity contribution in [1.82, 2.24) is 0 Å². The van der Waals surface area contributed by atoms with Gasteiger partial charge < -0.3 is 10.5 Å². The molecule has 0 rings (SSSR count). The largest absolute Gasteiger partial charge is 0.464 e. The fraction of sp³-hybridized carbons (Fsp3) is 0.700. The van der Waals surface area contributed by atoms with Gasteiger partial charge in [-0.05, 0) is 25.3 Å². The van der Waals surface area contributed by atoms with Crippen LogP contribution in [0.25, 0.3) is 0 Å². The minimum absolute atomic E-state index is 0.330. The Morgan fingerprint density at radius 3 is 2.62 bits per heavy atom. The lowest BCUT2D eigenvalue weighted by atomic mass is 10.1. The number of hydrogen-bond donors (Lipinski definition) is 1. The molecule has 0 radical (unpaired) electrons. The predicted molar refractivity (Wildman–Crippen MR) is 53.3 cm³/mol. The fourth-order valence-corrected chi connectivity index (χ4v) is 0.927. The fourth-order valence-electron chi connectivity index (χ4n) is 0.927. The van der Waals surface area contributed by atoms with Crippen LogP contribution in [0.15, 0.2) is 11.6 Å². The number of carbonyl (C=O) groups is 1. The summed E-state index contributed by atoms with van der Waals surface area (Å²) in [5, 5.41) is 0. The predicted octanol–water partition coefficient (Wildman–Crippen LogP) is 1.62. The van der Waals surface area contributed by atoms with Crippen molar-refractivity contribution in [3.8, 4) is 0 Å². The van der Waals surface area contributed by atoms with Crippen molar-refractivity contribution in [3.63, 3.8) is 0 Å². The van der Waals surface area contributed by atoms with Gasteiger partial charge in [0.2, 0.25) is 0 Å². The molecule has 3 nitrogen and oxygen atoms in total. The van der Waals surface area contributed by atoms with Gasteiger partial charge in [0.05, 0.1) is 6.61 Å². The number of esters is 1. The van der Waals surface area contributed by atoms with Gasteiger partial charge in [-0.1, -0.05) is 19.9 Å². The lowest BCUT2D eigenvalue weighted by Crippen LogP contribution is -2.33. The minimum Gasteiger partial charge on any atom is -0.464 e. The molecular weight excluding hydrogens is 166 g/mol. The van der Waals surface area contributed by atoms with Crippen LogP contribution in [0.2, 0.25) is 0 Å². The smallest absolute Gasteiger partial charge is 0.327 e. The maximum absolute atomic E-state index is 11.2. The molecule has 76 valence electrons. The SMILES string of the molecule is CCC=C(C)C(N)C(=O)OCCC. The molecule has 3 heteroatoms. The molecule has 0 heterocycles. The molecule has 0 aromatic heterocycles. The second kappa shape index (κ2) is 6.66. The number of rotatable bonds is 5. The van der Waals surface area contributed by atoms with Gasteiger partial charge in [-0.15, -0.1) is 0 Å². The zero-order valence-electron chi connectivity index (χ0n) is 8.67. The highest BCUT2D eigenvalue weighted by Crippen LogP contribution is 2.02. The third-order valence-electron chi connectivity index (χ3n) is 1.72. The Morgan fingerprint density at radius 2 is 2.15 bits per heavy atom. The number of hydrogen-bond acceptors (Lipinski definition) is 3. The Kier molecular flexibility index (Phi) is 6.24. The van der Waals surface area contributed by atoms with Crippen LogP contribution in [0, 0.1) is 0 Å². The first-order valence-corrected chi connectivity index (χ1v) is 4.72. The summed E-state index contributed by atoms with van der Waals surface area (Å²) in [4.78, 5) is 11.2. The Bertz CT molecular complexity index is 187. The zero-order valence-corrected chi connectivity index (χ0v) is 8.67. The van der Waals surface area contributed by atoms with E-state index in [0.29, 0.717) is 6.61 Å². The molecule has 2 N–H and O–H groups in total.